The van der Waals surface area contributed by atoms with Crippen molar-refractivity contribution in [2.24, 2.45) is 0 Å². The molecular formula is C12H13NO2S2. The molecule has 0 atom stereocenters. The van der Waals surface area contributed by atoms with Crippen LogP contribution in [0.2, 0.25) is 0 Å². The molecule has 0 amide bonds. The van der Waals surface area contributed by atoms with Crippen molar-refractivity contribution >= 4 is 21.4 Å². The van der Waals surface area contributed by atoms with E-state index in [0.717, 1.165) is 10.4 Å². The van der Waals surface area contributed by atoms with Gasteiger partial charge in [-0.25, -0.2) is 12.7 Å². The molecule has 1 aromatic heterocycles. The van der Waals surface area contributed by atoms with E-state index >= 15 is 0 Å². The summed E-state index contributed by atoms with van der Waals surface area (Å²) in [5.41, 5.74) is 1.04. The molecule has 0 aliphatic carbocycles. The summed E-state index contributed by atoms with van der Waals surface area (Å²) in [4.78, 5) is 1.46. The lowest BCUT2D eigenvalue weighted by atomic mass is 10.2. The summed E-state index contributed by atoms with van der Waals surface area (Å²) in [5.74, 6) is 0. The van der Waals surface area contributed by atoms with Gasteiger partial charge >= 0.3 is 0 Å². The molecule has 3 nitrogen and oxygen atoms in total. The van der Waals surface area contributed by atoms with Crippen LogP contribution >= 0.6 is 11.3 Å². The minimum Gasteiger partial charge on any atom is -0.207 e. The van der Waals surface area contributed by atoms with E-state index in [1.54, 1.807) is 23.5 Å². The first-order valence-electron chi connectivity index (χ1n) is 5.08. The van der Waals surface area contributed by atoms with Crippen LogP contribution in [0, 0.1) is 0 Å². The minimum atomic E-state index is -3.33. The average Bonchev–Trinajstić information content (AvgIpc) is 2.82. The van der Waals surface area contributed by atoms with Crippen LogP contribution in [0.5, 0.6) is 0 Å². The Hall–Kier alpha value is -1.17. The number of rotatable bonds is 3. The quantitative estimate of drug-likeness (QED) is 0.857. The summed E-state index contributed by atoms with van der Waals surface area (Å²) in [6.45, 7) is 0. The Morgan fingerprint density at radius 2 is 1.71 bits per heavy atom. The zero-order valence-corrected chi connectivity index (χ0v) is 11.3. The predicted octanol–water partition coefficient (Wildman–Crippen LogP) is 2.67. The largest absolute Gasteiger partial charge is 0.242 e. The molecule has 0 aliphatic heterocycles. The molecule has 0 spiro atoms. The fourth-order valence-electron chi connectivity index (χ4n) is 1.44. The summed E-state index contributed by atoms with van der Waals surface area (Å²) < 4.78 is 24.9. The molecule has 0 saturated heterocycles. The lowest BCUT2D eigenvalue weighted by molar-refractivity contribution is 0.521. The number of hydrogen-bond donors (Lipinski definition) is 0. The number of sulfonamides is 1. The number of nitrogens with zero attached hydrogens (tertiary/aromatic N) is 1. The minimum absolute atomic E-state index is 0.322. The molecule has 1 aromatic carbocycles. The SMILES string of the molecule is CN(C)S(=O)(=O)c1ccc(-c2cccs2)cc1. The summed E-state index contributed by atoms with van der Waals surface area (Å²) in [6, 6.07) is 10.9. The van der Waals surface area contributed by atoms with E-state index in [9.17, 15) is 8.42 Å². The number of hydrogen-bond acceptors (Lipinski definition) is 3. The third-order valence-electron chi connectivity index (χ3n) is 2.44. The Labute approximate surface area is 105 Å². The molecule has 0 N–H and O–H groups in total. The average molecular weight is 267 g/mol. The van der Waals surface area contributed by atoms with Gasteiger partial charge in [0.1, 0.15) is 0 Å². The van der Waals surface area contributed by atoms with Crippen LogP contribution in [0.1, 0.15) is 0 Å². The molecule has 0 radical (unpaired) electrons. The monoisotopic (exact) mass is 267 g/mol. The zero-order chi connectivity index (χ0) is 12.5. The third kappa shape index (κ3) is 2.41. The van der Waals surface area contributed by atoms with Crippen LogP contribution in [-0.4, -0.2) is 26.8 Å². The molecule has 5 heteroatoms. The summed E-state index contributed by atoms with van der Waals surface area (Å²) in [5, 5.41) is 2.00. The molecule has 2 aromatic rings. The van der Waals surface area contributed by atoms with Crippen molar-refractivity contribution in [1.82, 2.24) is 4.31 Å². The van der Waals surface area contributed by atoms with Gasteiger partial charge in [0.25, 0.3) is 0 Å². The lowest BCUT2D eigenvalue weighted by Crippen LogP contribution is -2.22. The van der Waals surface area contributed by atoms with E-state index in [4.69, 9.17) is 0 Å². The van der Waals surface area contributed by atoms with Gasteiger partial charge < -0.3 is 0 Å². The summed E-state index contributed by atoms with van der Waals surface area (Å²) in [7, 11) is -0.265. The van der Waals surface area contributed by atoms with E-state index < -0.39 is 10.0 Å². The van der Waals surface area contributed by atoms with Crippen molar-refractivity contribution in [2.45, 2.75) is 4.90 Å². The van der Waals surface area contributed by atoms with Crippen LogP contribution in [0.3, 0.4) is 0 Å². The van der Waals surface area contributed by atoms with Gasteiger partial charge in [0, 0.05) is 19.0 Å². The van der Waals surface area contributed by atoms with E-state index in [1.807, 2.05) is 29.6 Å². The Kier molecular flexibility index (Phi) is 3.33. The third-order valence-corrected chi connectivity index (χ3v) is 5.19. The second-order valence-electron chi connectivity index (χ2n) is 3.79. The molecule has 2 rings (SSSR count). The van der Waals surface area contributed by atoms with E-state index in [0.29, 0.717) is 4.90 Å². The first-order valence-corrected chi connectivity index (χ1v) is 7.40. The van der Waals surface area contributed by atoms with Crippen LogP contribution < -0.4 is 0 Å². The second-order valence-corrected chi connectivity index (χ2v) is 6.89. The van der Waals surface area contributed by atoms with Crippen molar-refractivity contribution < 1.29 is 8.42 Å². The second kappa shape index (κ2) is 4.60. The van der Waals surface area contributed by atoms with Gasteiger partial charge in [-0.2, -0.15) is 0 Å². The zero-order valence-electron chi connectivity index (χ0n) is 9.62. The summed E-state index contributed by atoms with van der Waals surface area (Å²) in [6.07, 6.45) is 0. The number of benzene rings is 1. The molecule has 0 saturated carbocycles. The van der Waals surface area contributed by atoms with Crippen LogP contribution in [0.25, 0.3) is 10.4 Å². The predicted molar refractivity (Wildman–Crippen MR) is 70.6 cm³/mol. The highest BCUT2D eigenvalue weighted by atomic mass is 32.2. The maximum Gasteiger partial charge on any atom is 0.242 e. The van der Waals surface area contributed by atoms with Crippen molar-refractivity contribution in [3.05, 3.63) is 41.8 Å². The van der Waals surface area contributed by atoms with Crippen molar-refractivity contribution in [3.8, 4) is 10.4 Å². The van der Waals surface area contributed by atoms with E-state index in [-0.39, 0.29) is 0 Å². The van der Waals surface area contributed by atoms with Gasteiger partial charge in [-0.15, -0.1) is 11.3 Å². The van der Waals surface area contributed by atoms with Gasteiger partial charge in [0.15, 0.2) is 0 Å². The van der Waals surface area contributed by atoms with Crippen molar-refractivity contribution in [3.63, 3.8) is 0 Å². The van der Waals surface area contributed by atoms with Gasteiger partial charge in [0.05, 0.1) is 4.90 Å². The van der Waals surface area contributed by atoms with Crippen LogP contribution in [0.4, 0.5) is 0 Å². The van der Waals surface area contributed by atoms with Crippen LogP contribution in [-0.2, 0) is 10.0 Å². The van der Waals surface area contributed by atoms with Gasteiger partial charge in [0.2, 0.25) is 10.0 Å². The Morgan fingerprint density at radius 1 is 1.06 bits per heavy atom. The molecule has 0 unspecified atom stereocenters. The molecular weight excluding hydrogens is 254 g/mol. The Balaban J connectivity index is 2.38. The molecule has 1 heterocycles. The maximum absolute atomic E-state index is 11.9. The molecule has 90 valence electrons. The molecule has 0 fully saturated rings. The van der Waals surface area contributed by atoms with Crippen molar-refractivity contribution in [2.75, 3.05) is 14.1 Å². The maximum atomic E-state index is 11.9. The van der Waals surface area contributed by atoms with Gasteiger partial charge in [-0.05, 0) is 29.1 Å². The molecule has 0 aliphatic rings. The van der Waals surface area contributed by atoms with E-state index in [1.165, 1.54) is 18.4 Å². The standard InChI is InChI=1S/C12H13NO2S2/c1-13(2)17(14,15)11-7-5-10(6-8-11)12-4-3-9-16-12/h3-9H,1-2H3. The summed E-state index contributed by atoms with van der Waals surface area (Å²) >= 11 is 1.64. The molecule has 0 bridgehead atoms. The lowest BCUT2D eigenvalue weighted by Gasteiger charge is -2.11. The van der Waals surface area contributed by atoms with Gasteiger partial charge in [-0.3, -0.25) is 0 Å². The Morgan fingerprint density at radius 3 is 2.18 bits per heavy atom. The Bertz CT molecular complexity index is 584. The fourth-order valence-corrected chi connectivity index (χ4v) is 3.08. The fraction of sp³-hybridized carbons (Fsp3) is 0.167. The highest BCUT2D eigenvalue weighted by Gasteiger charge is 2.16. The van der Waals surface area contributed by atoms with E-state index in [2.05, 4.69) is 0 Å². The van der Waals surface area contributed by atoms with Gasteiger partial charge in [-0.1, -0.05) is 18.2 Å². The van der Waals surface area contributed by atoms with Crippen molar-refractivity contribution in [1.29, 1.82) is 0 Å². The molecule has 17 heavy (non-hydrogen) atoms. The highest BCUT2D eigenvalue weighted by Crippen LogP contribution is 2.26. The van der Waals surface area contributed by atoms with Crippen LogP contribution in [0.15, 0.2) is 46.7 Å². The first kappa shape index (κ1) is 12.3. The highest BCUT2D eigenvalue weighted by molar-refractivity contribution is 7.89. The first-order chi connectivity index (χ1) is 8.01. The topological polar surface area (TPSA) is 37.4 Å². The smallest absolute Gasteiger partial charge is 0.207 e. The number of thiophene rings is 1. The normalized spacial score (nSPS) is 11.9.